The monoisotopic (exact) mass is 426 g/mol. The second-order valence-corrected chi connectivity index (χ2v) is 9.14. The van der Waals surface area contributed by atoms with Gasteiger partial charge in [-0.05, 0) is 55.3 Å². The van der Waals surface area contributed by atoms with Crippen molar-refractivity contribution in [1.82, 2.24) is 5.32 Å². The van der Waals surface area contributed by atoms with Gasteiger partial charge in [0.05, 0.1) is 21.8 Å². The summed E-state index contributed by atoms with van der Waals surface area (Å²) in [6, 6.07) is 11.9. The van der Waals surface area contributed by atoms with Gasteiger partial charge in [-0.25, -0.2) is 8.42 Å². The third kappa shape index (κ3) is 6.57. The van der Waals surface area contributed by atoms with Gasteiger partial charge in [0.2, 0.25) is 15.9 Å². The molecule has 2 aromatic carbocycles. The largest absolute Gasteiger partial charge is 0.344 e. The SMILES string of the molecule is CC(C)(NC(=O)/C=C/c1ccc(NS(C)(=O)=O)cc1)c1ccc(Cl)c(Cl)c1. The highest BCUT2D eigenvalue weighted by molar-refractivity contribution is 7.92. The van der Waals surface area contributed by atoms with E-state index in [1.165, 1.54) is 6.08 Å². The van der Waals surface area contributed by atoms with Crippen LogP contribution in [0.15, 0.2) is 48.5 Å². The molecule has 2 N–H and O–H groups in total. The van der Waals surface area contributed by atoms with Crippen molar-refractivity contribution >= 4 is 50.9 Å². The Morgan fingerprint density at radius 3 is 2.22 bits per heavy atom. The first kappa shape index (κ1) is 21.3. The molecule has 0 bridgehead atoms. The van der Waals surface area contributed by atoms with Gasteiger partial charge in [0.1, 0.15) is 0 Å². The minimum atomic E-state index is -3.32. The zero-order valence-electron chi connectivity index (χ0n) is 15.1. The van der Waals surface area contributed by atoms with E-state index in [4.69, 9.17) is 23.2 Å². The van der Waals surface area contributed by atoms with Crippen molar-refractivity contribution in [3.05, 3.63) is 69.7 Å². The Bertz CT molecular complexity index is 969. The van der Waals surface area contributed by atoms with Gasteiger partial charge < -0.3 is 5.32 Å². The maximum Gasteiger partial charge on any atom is 0.244 e. The summed E-state index contributed by atoms with van der Waals surface area (Å²) in [5.74, 6) is -0.274. The predicted molar refractivity (Wildman–Crippen MR) is 112 cm³/mol. The molecule has 0 saturated carbocycles. The fourth-order valence-electron chi connectivity index (χ4n) is 2.35. The first-order valence-electron chi connectivity index (χ1n) is 8.00. The van der Waals surface area contributed by atoms with E-state index in [0.717, 1.165) is 17.4 Å². The van der Waals surface area contributed by atoms with Gasteiger partial charge in [-0.3, -0.25) is 9.52 Å². The highest BCUT2D eigenvalue weighted by Crippen LogP contribution is 2.28. The lowest BCUT2D eigenvalue weighted by Gasteiger charge is -2.26. The normalized spacial score (nSPS) is 12.2. The van der Waals surface area contributed by atoms with E-state index in [-0.39, 0.29) is 5.91 Å². The Kier molecular flexibility index (Phi) is 6.57. The van der Waals surface area contributed by atoms with E-state index < -0.39 is 15.6 Å². The van der Waals surface area contributed by atoms with Gasteiger partial charge in [0, 0.05) is 11.8 Å². The third-order valence-corrected chi connectivity index (χ3v) is 5.06. The van der Waals surface area contributed by atoms with Crippen LogP contribution in [0.5, 0.6) is 0 Å². The molecule has 0 radical (unpaired) electrons. The molecule has 0 aromatic heterocycles. The molecule has 0 atom stereocenters. The quantitative estimate of drug-likeness (QED) is 0.670. The minimum Gasteiger partial charge on any atom is -0.344 e. The fraction of sp³-hybridized carbons (Fsp3) is 0.211. The molecule has 5 nitrogen and oxygen atoms in total. The van der Waals surface area contributed by atoms with E-state index in [2.05, 4.69) is 10.0 Å². The second-order valence-electron chi connectivity index (χ2n) is 6.57. The minimum absolute atomic E-state index is 0.274. The van der Waals surface area contributed by atoms with Gasteiger partial charge in [-0.1, -0.05) is 41.4 Å². The molecular formula is C19H20Cl2N2O3S. The standard InChI is InChI=1S/C19H20Cl2N2O3S/c1-19(2,14-7-10-16(20)17(21)12-14)22-18(24)11-6-13-4-8-15(9-5-13)23-27(3,25)26/h4-12,23H,1-3H3,(H,22,24)/b11-6+. The van der Waals surface area contributed by atoms with Crippen molar-refractivity contribution in [3.63, 3.8) is 0 Å². The smallest absolute Gasteiger partial charge is 0.244 e. The molecule has 8 heteroatoms. The van der Waals surface area contributed by atoms with E-state index in [0.29, 0.717) is 15.7 Å². The number of amides is 1. The van der Waals surface area contributed by atoms with Crippen molar-refractivity contribution < 1.29 is 13.2 Å². The van der Waals surface area contributed by atoms with E-state index >= 15 is 0 Å². The summed E-state index contributed by atoms with van der Waals surface area (Å²) in [6.07, 6.45) is 4.14. The zero-order chi connectivity index (χ0) is 20.2. The summed E-state index contributed by atoms with van der Waals surface area (Å²) < 4.78 is 24.8. The number of carbonyl (C=O) groups excluding carboxylic acids is 1. The highest BCUT2D eigenvalue weighted by Gasteiger charge is 2.22. The Balaban J connectivity index is 2.04. The maximum atomic E-state index is 12.3. The molecule has 0 fully saturated rings. The number of anilines is 1. The Labute approximate surface area is 169 Å². The van der Waals surface area contributed by atoms with E-state index in [1.54, 1.807) is 42.5 Å². The number of hydrogen-bond acceptors (Lipinski definition) is 3. The van der Waals surface area contributed by atoms with Crippen LogP contribution >= 0.6 is 23.2 Å². The molecule has 1 amide bonds. The molecule has 0 heterocycles. The topological polar surface area (TPSA) is 75.3 Å². The lowest BCUT2D eigenvalue weighted by Crippen LogP contribution is -2.40. The summed E-state index contributed by atoms with van der Waals surface area (Å²) in [4.78, 5) is 12.3. The van der Waals surface area contributed by atoms with Crippen molar-refractivity contribution in [2.45, 2.75) is 19.4 Å². The molecule has 0 aliphatic heterocycles. The van der Waals surface area contributed by atoms with Crippen LogP contribution < -0.4 is 10.0 Å². The molecule has 0 aliphatic carbocycles. The van der Waals surface area contributed by atoms with Crippen LogP contribution in [0.3, 0.4) is 0 Å². The first-order valence-corrected chi connectivity index (χ1v) is 10.6. The molecule has 0 spiro atoms. The van der Waals surface area contributed by atoms with Crippen LogP contribution in [0.25, 0.3) is 6.08 Å². The maximum absolute atomic E-state index is 12.3. The number of hydrogen-bond donors (Lipinski definition) is 2. The second kappa shape index (κ2) is 8.33. The zero-order valence-corrected chi connectivity index (χ0v) is 17.4. The number of carbonyl (C=O) groups is 1. The number of halogens is 2. The highest BCUT2D eigenvalue weighted by atomic mass is 35.5. The average Bonchev–Trinajstić information content (AvgIpc) is 2.55. The summed E-state index contributed by atoms with van der Waals surface area (Å²) in [7, 11) is -3.32. The summed E-state index contributed by atoms with van der Waals surface area (Å²) in [5.41, 5.74) is 1.41. The Hall–Kier alpha value is -2.02. The third-order valence-electron chi connectivity index (χ3n) is 3.72. The van der Waals surface area contributed by atoms with Crippen LogP contribution in [0.2, 0.25) is 10.0 Å². The van der Waals surface area contributed by atoms with Crippen molar-refractivity contribution in [2.75, 3.05) is 11.0 Å². The molecule has 0 aliphatic rings. The van der Waals surface area contributed by atoms with Gasteiger partial charge in [-0.15, -0.1) is 0 Å². The van der Waals surface area contributed by atoms with Crippen molar-refractivity contribution in [3.8, 4) is 0 Å². The first-order chi connectivity index (χ1) is 12.5. The summed E-state index contributed by atoms with van der Waals surface area (Å²) >= 11 is 12.0. The molecule has 2 aromatic rings. The molecule has 0 saturated heterocycles. The van der Waals surface area contributed by atoms with Crippen molar-refractivity contribution in [1.29, 1.82) is 0 Å². The number of sulfonamides is 1. The molecule has 144 valence electrons. The van der Waals surface area contributed by atoms with Gasteiger partial charge in [0.15, 0.2) is 0 Å². The van der Waals surface area contributed by atoms with Crippen LogP contribution in [0.1, 0.15) is 25.0 Å². The van der Waals surface area contributed by atoms with Gasteiger partial charge >= 0.3 is 0 Å². The average molecular weight is 427 g/mol. The van der Waals surface area contributed by atoms with Crippen LogP contribution in [-0.2, 0) is 20.4 Å². The number of benzene rings is 2. The van der Waals surface area contributed by atoms with Gasteiger partial charge in [0.25, 0.3) is 0 Å². The van der Waals surface area contributed by atoms with Crippen LogP contribution in [-0.4, -0.2) is 20.6 Å². The Morgan fingerprint density at radius 2 is 1.67 bits per heavy atom. The lowest BCUT2D eigenvalue weighted by molar-refractivity contribution is -0.118. The molecule has 0 unspecified atom stereocenters. The summed E-state index contributed by atoms with van der Waals surface area (Å²) in [5, 5.41) is 3.79. The molecule has 27 heavy (non-hydrogen) atoms. The van der Waals surface area contributed by atoms with Crippen molar-refractivity contribution in [2.24, 2.45) is 0 Å². The van der Waals surface area contributed by atoms with Crippen LogP contribution in [0, 0.1) is 0 Å². The van der Waals surface area contributed by atoms with Crippen LogP contribution in [0.4, 0.5) is 5.69 Å². The number of nitrogens with one attached hydrogen (secondary N) is 2. The predicted octanol–water partition coefficient (Wildman–Crippen LogP) is 4.43. The van der Waals surface area contributed by atoms with E-state index in [9.17, 15) is 13.2 Å². The fourth-order valence-corrected chi connectivity index (χ4v) is 3.22. The molecular weight excluding hydrogens is 407 g/mol. The lowest BCUT2D eigenvalue weighted by atomic mass is 9.94. The summed E-state index contributed by atoms with van der Waals surface area (Å²) in [6.45, 7) is 3.73. The van der Waals surface area contributed by atoms with E-state index in [1.807, 2.05) is 19.9 Å². The van der Waals surface area contributed by atoms with Gasteiger partial charge in [-0.2, -0.15) is 0 Å². The Morgan fingerprint density at radius 1 is 1.04 bits per heavy atom. The molecule has 2 rings (SSSR count). The number of rotatable bonds is 6.